The average Bonchev–Trinajstić information content (AvgIpc) is 3.08. The second kappa shape index (κ2) is 5.33. The molecule has 0 N–H and O–H groups in total. The van der Waals surface area contributed by atoms with Crippen molar-refractivity contribution in [3.8, 4) is 0 Å². The predicted molar refractivity (Wildman–Crippen MR) is 89.6 cm³/mol. The van der Waals surface area contributed by atoms with Crippen LogP contribution in [0.25, 0.3) is 0 Å². The summed E-state index contributed by atoms with van der Waals surface area (Å²) in [6.07, 6.45) is -4.87. The number of carbonyl (C=O) groups excluding carboxylic acids is 2. The van der Waals surface area contributed by atoms with Gasteiger partial charge in [0.05, 0.1) is 11.4 Å². The highest BCUT2D eigenvalue weighted by molar-refractivity contribution is 6.13. The number of rotatable bonds is 1. The lowest BCUT2D eigenvalue weighted by Gasteiger charge is -2.40. The van der Waals surface area contributed by atoms with Crippen molar-refractivity contribution in [2.75, 3.05) is 9.80 Å². The fraction of sp³-hybridized carbons (Fsp3) is 0.263. The quantitative estimate of drug-likeness (QED) is 0.774. The van der Waals surface area contributed by atoms with Crippen molar-refractivity contribution in [2.24, 2.45) is 0 Å². The van der Waals surface area contributed by atoms with Crippen LogP contribution in [0, 0.1) is 6.92 Å². The Hall–Kier alpha value is -2.83. The van der Waals surface area contributed by atoms with Crippen LogP contribution in [0.2, 0.25) is 0 Å². The monoisotopic (exact) mass is 360 g/mol. The average molecular weight is 360 g/mol. The molecule has 2 aromatic carbocycles. The number of fused-ring (bicyclic) bond motifs is 3. The van der Waals surface area contributed by atoms with Crippen molar-refractivity contribution in [1.82, 2.24) is 0 Å². The predicted octanol–water partition coefficient (Wildman–Crippen LogP) is 3.88. The molecule has 2 aliphatic heterocycles. The zero-order valence-electron chi connectivity index (χ0n) is 13.9. The maximum Gasteiger partial charge on any atom is 0.471 e. The lowest BCUT2D eigenvalue weighted by atomic mass is 9.94. The highest BCUT2D eigenvalue weighted by Gasteiger charge is 2.62. The third-order valence-electron chi connectivity index (χ3n) is 5.00. The molecule has 1 unspecified atom stereocenters. The summed E-state index contributed by atoms with van der Waals surface area (Å²) in [5.74, 6) is -2.27. The molecular weight excluding hydrogens is 345 g/mol. The van der Waals surface area contributed by atoms with Gasteiger partial charge in [-0.3, -0.25) is 19.4 Å². The van der Waals surface area contributed by atoms with Crippen molar-refractivity contribution in [3.63, 3.8) is 0 Å². The van der Waals surface area contributed by atoms with E-state index in [0.29, 0.717) is 11.3 Å². The normalized spacial score (nSPS) is 21.8. The van der Waals surface area contributed by atoms with E-state index in [0.717, 1.165) is 10.5 Å². The Bertz CT molecular complexity index is 908. The fourth-order valence-electron chi connectivity index (χ4n) is 3.93. The maximum absolute atomic E-state index is 13.4. The van der Waals surface area contributed by atoms with E-state index in [4.69, 9.17) is 0 Å². The molecular formula is C19H15F3N2O2. The Morgan fingerprint density at radius 1 is 1.04 bits per heavy atom. The molecule has 26 heavy (non-hydrogen) atoms. The van der Waals surface area contributed by atoms with Gasteiger partial charge in [0.25, 0.3) is 0 Å². The van der Waals surface area contributed by atoms with Gasteiger partial charge in [-0.2, -0.15) is 13.2 Å². The van der Waals surface area contributed by atoms with Gasteiger partial charge in [0, 0.05) is 12.8 Å². The number of amides is 2. The van der Waals surface area contributed by atoms with E-state index in [9.17, 15) is 22.8 Å². The smallest absolute Gasteiger partial charge is 0.282 e. The molecule has 7 heteroatoms. The van der Waals surface area contributed by atoms with Crippen LogP contribution in [0.15, 0.2) is 48.5 Å². The molecule has 2 aromatic rings. The summed E-state index contributed by atoms with van der Waals surface area (Å²) < 4.78 is 40.2. The summed E-state index contributed by atoms with van der Waals surface area (Å²) in [7, 11) is 0. The van der Waals surface area contributed by atoms with Crippen LogP contribution < -0.4 is 9.80 Å². The van der Waals surface area contributed by atoms with Crippen LogP contribution in [0.4, 0.5) is 24.5 Å². The topological polar surface area (TPSA) is 40.6 Å². The minimum atomic E-state index is -5.05. The van der Waals surface area contributed by atoms with E-state index >= 15 is 0 Å². The number of hydrogen-bond donors (Lipinski definition) is 0. The second-order valence-electron chi connectivity index (χ2n) is 6.54. The molecule has 0 spiro atoms. The number of para-hydroxylation sites is 2. The van der Waals surface area contributed by atoms with E-state index in [1.54, 1.807) is 42.5 Å². The van der Waals surface area contributed by atoms with E-state index in [1.807, 2.05) is 6.92 Å². The Morgan fingerprint density at radius 2 is 1.65 bits per heavy atom. The standard InChI is InChI=1S/C19H15F3N2O2/c1-12-6-8-13(9-7-12)18-11-10-16(25)23(18)14-4-2-3-5-15(14)24(18)17(26)19(20,21)22/h2-9H,10-11H2,1H3. The van der Waals surface area contributed by atoms with Gasteiger partial charge in [-0.05, 0) is 24.6 Å². The van der Waals surface area contributed by atoms with E-state index in [-0.39, 0.29) is 24.4 Å². The molecule has 2 heterocycles. The van der Waals surface area contributed by atoms with Crippen LogP contribution in [0.1, 0.15) is 24.0 Å². The molecule has 1 atom stereocenters. The first kappa shape index (κ1) is 16.6. The van der Waals surface area contributed by atoms with Gasteiger partial charge in [-0.25, -0.2) is 0 Å². The highest BCUT2D eigenvalue weighted by Crippen LogP contribution is 2.56. The van der Waals surface area contributed by atoms with Gasteiger partial charge in [0.2, 0.25) is 5.91 Å². The molecule has 2 aliphatic rings. The van der Waals surface area contributed by atoms with Crippen molar-refractivity contribution in [2.45, 2.75) is 31.6 Å². The number of nitrogens with zero attached hydrogens (tertiary/aromatic N) is 2. The summed E-state index contributed by atoms with van der Waals surface area (Å²) in [5, 5.41) is 0. The van der Waals surface area contributed by atoms with Crippen LogP contribution in [-0.2, 0) is 15.3 Å². The minimum Gasteiger partial charge on any atom is -0.282 e. The van der Waals surface area contributed by atoms with E-state index in [2.05, 4.69) is 0 Å². The van der Waals surface area contributed by atoms with Crippen LogP contribution in [-0.4, -0.2) is 18.0 Å². The highest BCUT2D eigenvalue weighted by atomic mass is 19.4. The third kappa shape index (κ3) is 2.09. The first-order valence-corrected chi connectivity index (χ1v) is 8.17. The second-order valence-corrected chi connectivity index (χ2v) is 6.54. The van der Waals surface area contributed by atoms with Crippen molar-refractivity contribution in [3.05, 3.63) is 59.7 Å². The fourth-order valence-corrected chi connectivity index (χ4v) is 3.93. The molecule has 0 bridgehead atoms. The first-order chi connectivity index (χ1) is 12.3. The Labute approximate surface area is 147 Å². The summed E-state index contributed by atoms with van der Waals surface area (Å²) in [5.41, 5.74) is 0.366. The summed E-state index contributed by atoms with van der Waals surface area (Å²) in [6.45, 7) is 1.86. The van der Waals surface area contributed by atoms with Crippen molar-refractivity contribution >= 4 is 23.2 Å². The first-order valence-electron chi connectivity index (χ1n) is 8.17. The summed E-state index contributed by atoms with van der Waals surface area (Å²) in [6, 6.07) is 13.1. The number of benzene rings is 2. The molecule has 1 saturated heterocycles. The zero-order chi connectivity index (χ0) is 18.7. The number of anilines is 2. The number of carbonyl (C=O) groups is 2. The molecule has 2 amide bonds. The number of hydrogen-bond acceptors (Lipinski definition) is 2. The maximum atomic E-state index is 13.4. The molecule has 0 saturated carbocycles. The van der Waals surface area contributed by atoms with E-state index in [1.165, 1.54) is 11.0 Å². The lowest BCUT2D eigenvalue weighted by Crippen LogP contribution is -2.57. The van der Waals surface area contributed by atoms with Crippen LogP contribution >= 0.6 is 0 Å². The Balaban J connectivity index is 2.01. The van der Waals surface area contributed by atoms with Crippen molar-refractivity contribution in [1.29, 1.82) is 0 Å². The van der Waals surface area contributed by atoms with Gasteiger partial charge < -0.3 is 0 Å². The van der Waals surface area contributed by atoms with Gasteiger partial charge in [0.1, 0.15) is 0 Å². The SMILES string of the molecule is Cc1ccc(C23CCC(=O)N2c2ccccc2N3C(=O)C(F)(F)F)cc1. The summed E-state index contributed by atoms with van der Waals surface area (Å²) >= 11 is 0. The molecule has 4 nitrogen and oxygen atoms in total. The lowest BCUT2D eigenvalue weighted by molar-refractivity contribution is -0.171. The van der Waals surface area contributed by atoms with Gasteiger partial charge in [0.15, 0.2) is 5.66 Å². The minimum absolute atomic E-state index is 0.0733. The number of alkyl halides is 3. The molecule has 4 rings (SSSR count). The third-order valence-corrected chi connectivity index (χ3v) is 5.00. The van der Waals surface area contributed by atoms with Gasteiger partial charge >= 0.3 is 12.1 Å². The molecule has 0 radical (unpaired) electrons. The van der Waals surface area contributed by atoms with Crippen LogP contribution in [0.5, 0.6) is 0 Å². The summed E-state index contributed by atoms with van der Waals surface area (Å²) in [4.78, 5) is 27.1. The Kier molecular flexibility index (Phi) is 3.41. The van der Waals surface area contributed by atoms with Gasteiger partial charge in [-0.15, -0.1) is 0 Å². The molecule has 134 valence electrons. The number of aryl methyl sites for hydroxylation is 1. The molecule has 0 aromatic heterocycles. The van der Waals surface area contributed by atoms with Crippen LogP contribution in [0.3, 0.4) is 0 Å². The number of halogens is 3. The zero-order valence-corrected chi connectivity index (χ0v) is 13.9. The molecule has 1 fully saturated rings. The van der Waals surface area contributed by atoms with Gasteiger partial charge in [-0.1, -0.05) is 42.0 Å². The largest absolute Gasteiger partial charge is 0.471 e. The van der Waals surface area contributed by atoms with E-state index < -0.39 is 17.7 Å². The molecule has 0 aliphatic carbocycles. The Morgan fingerprint density at radius 3 is 2.27 bits per heavy atom. The van der Waals surface area contributed by atoms with Crippen molar-refractivity contribution < 1.29 is 22.8 Å².